The van der Waals surface area contributed by atoms with Crippen molar-refractivity contribution >= 4 is 45.6 Å². The molecule has 0 aliphatic rings. The first kappa shape index (κ1) is 20.5. The molecule has 0 unspecified atom stereocenters. The lowest BCUT2D eigenvalue weighted by Gasteiger charge is -2.08. The number of thioether (sulfide) groups is 1. The summed E-state index contributed by atoms with van der Waals surface area (Å²) in [5.74, 6) is 1.42. The molecule has 0 aliphatic heterocycles. The minimum Gasteiger partial charge on any atom is -0.325 e. The maximum Gasteiger partial charge on any atom is 0.231 e. The Hall–Kier alpha value is -2.77. The van der Waals surface area contributed by atoms with E-state index in [9.17, 15) is 4.79 Å². The molecule has 2 aromatic heterocycles. The Bertz CT molecular complexity index is 1220. The van der Waals surface area contributed by atoms with Crippen LogP contribution in [0.15, 0.2) is 52.9 Å². The molecule has 2 heterocycles. The Labute approximate surface area is 184 Å². The fourth-order valence-electron chi connectivity index (χ4n) is 3.11. The largest absolute Gasteiger partial charge is 0.325 e. The molecule has 0 fully saturated rings. The van der Waals surface area contributed by atoms with Gasteiger partial charge in [0.05, 0.1) is 17.6 Å². The fourth-order valence-corrected chi connectivity index (χ4v) is 4.96. The van der Waals surface area contributed by atoms with Gasteiger partial charge >= 0.3 is 0 Å². The first-order chi connectivity index (χ1) is 14.5. The van der Waals surface area contributed by atoms with Crippen molar-refractivity contribution in [2.24, 2.45) is 0 Å². The first-order valence-electron chi connectivity index (χ1n) is 9.64. The summed E-state index contributed by atoms with van der Waals surface area (Å²) >= 11 is 3.17. The third-order valence-corrected chi connectivity index (χ3v) is 6.54. The second-order valence-electron chi connectivity index (χ2n) is 7.16. The van der Waals surface area contributed by atoms with E-state index in [1.807, 2.05) is 68.6 Å². The number of nitrogens with zero attached hydrogens (tertiary/aromatic N) is 3. The number of nitrogens with one attached hydrogen (secondary N) is 1. The third-order valence-electron chi connectivity index (χ3n) is 4.62. The normalized spacial score (nSPS) is 11.0. The van der Waals surface area contributed by atoms with Gasteiger partial charge in [0.2, 0.25) is 5.91 Å². The molecule has 2 aromatic carbocycles. The Morgan fingerprint density at radius 3 is 2.77 bits per heavy atom. The lowest BCUT2D eigenvalue weighted by atomic mass is 10.1. The standard InChI is InChI=1S/C23H22N4OS2/c1-14-8-9-15(2)20(10-14)27-21(28)11-22-26-17(12-29-22)13-30-23-18-6-4-5-7-19(18)24-16(3)25-23/h4-10,12H,11,13H2,1-3H3,(H,27,28). The highest BCUT2D eigenvalue weighted by molar-refractivity contribution is 7.98. The average Bonchev–Trinajstić information content (AvgIpc) is 3.16. The van der Waals surface area contributed by atoms with Crippen LogP contribution < -0.4 is 5.32 Å². The predicted octanol–water partition coefficient (Wildman–Crippen LogP) is 5.49. The highest BCUT2D eigenvalue weighted by atomic mass is 32.2. The number of hydrogen-bond donors (Lipinski definition) is 1. The number of rotatable bonds is 6. The second kappa shape index (κ2) is 8.93. The molecule has 0 aliphatic carbocycles. The lowest BCUT2D eigenvalue weighted by Crippen LogP contribution is -2.15. The molecule has 0 bridgehead atoms. The van der Waals surface area contributed by atoms with Crippen LogP contribution in [0.1, 0.15) is 27.7 Å². The van der Waals surface area contributed by atoms with Crippen LogP contribution in [0.25, 0.3) is 10.9 Å². The maximum absolute atomic E-state index is 12.5. The van der Waals surface area contributed by atoms with Crippen LogP contribution in [-0.4, -0.2) is 20.9 Å². The van der Waals surface area contributed by atoms with Crippen LogP contribution in [0, 0.1) is 20.8 Å². The number of anilines is 1. The Morgan fingerprint density at radius 2 is 1.90 bits per heavy atom. The summed E-state index contributed by atoms with van der Waals surface area (Å²) in [6.07, 6.45) is 0.276. The van der Waals surface area contributed by atoms with Crippen molar-refractivity contribution in [3.8, 4) is 0 Å². The van der Waals surface area contributed by atoms with Gasteiger partial charge in [-0.05, 0) is 44.0 Å². The molecule has 0 saturated heterocycles. The zero-order chi connectivity index (χ0) is 21.1. The zero-order valence-corrected chi connectivity index (χ0v) is 18.7. The van der Waals surface area contributed by atoms with Gasteiger partial charge in [-0.15, -0.1) is 11.3 Å². The van der Waals surface area contributed by atoms with E-state index in [0.717, 1.165) is 49.3 Å². The number of amides is 1. The summed E-state index contributed by atoms with van der Waals surface area (Å²) in [4.78, 5) is 26.2. The van der Waals surface area contributed by atoms with E-state index in [-0.39, 0.29) is 12.3 Å². The Balaban J connectivity index is 1.40. The van der Waals surface area contributed by atoms with Crippen LogP contribution >= 0.6 is 23.1 Å². The molecule has 4 aromatic rings. The molecule has 1 amide bonds. The molecular weight excluding hydrogens is 412 g/mol. The molecule has 1 N–H and O–H groups in total. The van der Waals surface area contributed by atoms with Crippen LogP contribution in [-0.2, 0) is 17.0 Å². The molecule has 0 radical (unpaired) electrons. The van der Waals surface area contributed by atoms with Crippen molar-refractivity contribution in [3.05, 3.63) is 75.5 Å². The average molecular weight is 435 g/mol. The highest BCUT2D eigenvalue weighted by Crippen LogP contribution is 2.28. The van der Waals surface area contributed by atoms with Gasteiger partial charge in [0.15, 0.2) is 0 Å². The van der Waals surface area contributed by atoms with Crippen molar-refractivity contribution in [2.45, 2.75) is 38.0 Å². The number of carbonyl (C=O) groups is 1. The molecule has 0 saturated carbocycles. The quantitative estimate of drug-likeness (QED) is 0.321. The molecule has 5 nitrogen and oxygen atoms in total. The topological polar surface area (TPSA) is 67.8 Å². The summed E-state index contributed by atoms with van der Waals surface area (Å²) in [7, 11) is 0. The molecule has 4 rings (SSSR count). The van der Waals surface area contributed by atoms with Gasteiger partial charge in [0, 0.05) is 22.2 Å². The highest BCUT2D eigenvalue weighted by Gasteiger charge is 2.12. The molecule has 0 atom stereocenters. The molecule has 0 spiro atoms. The van der Waals surface area contributed by atoms with Crippen molar-refractivity contribution in [3.63, 3.8) is 0 Å². The van der Waals surface area contributed by atoms with Gasteiger partial charge in [0.25, 0.3) is 0 Å². The minimum atomic E-state index is -0.0466. The molecule has 7 heteroatoms. The maximum atomic E-state index is 12.5. The zero-order valence-electron chi connectivity index (χ0n) is 17.1. The van der Waals surface area contributed by atoms with Crippen molar-refractivity contribution < 1.29 is 4.79 Å². The summed E-state index contributed by atoms with van der Waals surface area (Å²) in [5.41, 5.74) is 4.95. The number of hydrogen-bond acceptors (Lipinski definition) is 6. The fraction of sp³-hybridized carbons (Fsp3) is 0.217. The number of benzene rings is 2. The number of aromatic nitrogens is 3. The predicted molar refractivity (Wildman–Crippen MR) is 124 cm³/mol. The molecule has 152 valence electrons. The van der Waals surface area contributed by atoms with E-state index in [2.05, 4.69) is 20.3 Å². The summed E-state index contributed by atoms with van der Waals surface area (Å²) in [6.45, 7) is 5.92. The summed E-state index contributed by atoms with van der Waals surface area (Å²) in [6, 6.07) is 14.1. The van der Waals surface area contributed by atoms with Gasteiger partial charge in [-0.1, -0.05) is 42.1 Å². The van der Waals surface area contributed by atoms with E-state index in [4.69, 9.17) is 0 Å². The van der Waals surface area contributed by atoms with Crippen LogP contribution in [0.4, 0.5) is 5.69 Å². The monoisotopic (exact) mass is 434 g/mol. The summed E-state index contributed by atoms with van der Waals surface area (Å²) < 4.78 is 0. The minimum absolute atomic E-state index is 0.0466. The van der Waals surface area contributed by atoms with Crippen LogP contribution in [0.2, 0.25) is 0 Å². The lowest BCUT2D eigenvalue weighted by molar-refractivity contribution is -0.115. The molecular formula is C23H22N4OS2. The van der Waals surface area contributed by atoms with E-state index in [1.165, 1.54) is 11.3 Å². The number of para-hydroxylation sites is 1. The van der Waals surface area contributed by atoms with E-state index < -0.39 is 0 Å². The number of aryl methyl sites for hydroxylation is 3. The van der Waals surface area contributed by atoms with Crippen molar-refractivity contribution in [1.29, 1.82) is 0 Å². The van der Waals surface area contributed by atoms with Gasteiger partial charge < -0.3 is 5.32 Å². The van der Waals surface area contributed by atoms with Crippen molar-refractivity contribution in [2.75, 3.05) is 5.32 Å². The van der Waals surface area contributed by atoms with E-state index in [1.54, 1.807) is 11.8 Å². The smallest absolute Gasteiger partial charge is 0.231 e. The van der Waals surface area contributed by atoms with Crippen LogP contribution in [0.5, 0.6) is 0 Å². The number of thiazole rings is 1. The third kappa shape index (κ3) is 4.86. The van der Waals surface area contributed by atoms with Gasteiger partial charge in [-0.2, -0.15) is 0 Å². The number of fused-ring (bicyclic) bond motifs is 1. The Morgan fingerprint density at radius 1 is 1.07 bits per heavy atom. The van der Waals surface area contributed by atoms with Crippen LogP contribution in [0.3, 0.4) is 0 Å². The van der Waals surface area contributed by atoms with E-state index >= 15 is 0 Å². The SMILES string of the molecule is Cc1ccc(C)c(NC(=O)Cc2nc(CSc3nc(C)nc4ccccc34)cs2)c1. The van der Waals surface area contributed by atoms with Gasteiger partial charge in [-0.25, -0.2) is 15.0 Å². The molecule has 30 heavy (non-hydrogen) atoms. The van der Waals surface area contributed by atoms with Gasteiger partial charge in [-0.3, -0.25) is 4.79 Å². The Kier molecular flexibility index (Phi) is 6.11. The summed E-state index contributed by atoms with van der Waals surface area (Å²) in [5, 5.41) is 7.84. The van der Waals surface area contributed by atoms with Gasteiger partial charge in [0.1, 0.15) is 15.9 Å². The second-order valence-corrected chi connectivity index (χ2v) is 9.06. The van der Waals surface area contributed by atoms with Crippen molar-refractivity contribution in [1.82, 2.24) is 15.0 Å². The number of carbonyl (C=O) groups excluding carboxylic acids is 1. The van der Waals surface area contributed by atoms with E-state index in [0.29, 0.717) is 5.75 Å². The first-order valence-corrected chi connectivity index (χ1v) is 11.5.